The normalized spacial score (nSPS) is 11.2. The first-order chi connectivity index (χ1) is 13.9. The summed E-state index contributed by atoms with van der Waals surface area (Å²) < 4.78 is 8.13. The van der Waals surface area contributed by atoms with Crippen molar-refractivity contribution in [3.8, 4) is 0 Å². The summed E-state index contributed by atoms with van der Waals surface area (Å²) in [5.74, 6) is -0.423. The second-order valence-corrected chi connectivity index (χ2v) is 6.41. The molecule has 29 heavy (non-hydrogen) atoms. The van der Waals surface area contributed by atoms with E-state index < -0.39 is 17.4 Å². The monoisotopic (exact) mass is 401 g/mol. The van der Waals surface area contributed by atoms with Crippen molar-refractivity contribution in [1.29, 1.82) is 0 Å². The molecular formula is C18H23N7O4. The molecule has 0 spiro atoms. The van der Waals surface area contributed by atoms with E-state index in [9.17, 15) is 14.4 Å². The number of rotatable bonds is 7. The SMILES string of the molecule is CCN(CC)Cc1ccc(C(=O)NNC(=O)Cn2cnc3c(cnn3C)c2=O)o1. The fourth-order valence-corrected chi connectivity index (χ4v) is 2.81. The lowest BCUT2D eigenvalue weighted by molar-refractivity contribution is -0.122. The molecule has 3 aromatic rings. The Morgan fingerprint density at radius 2 is 1.97 bits per heavy atom. The lowest BCUT2D eigenvalue weighted by Gasteiger charge is -2.15. The van der Waals surface area contributed by atoms with Crippen LogP contribution in [0.3, 0.4) is 0 Å². The molecule has 11 heteroatoms. The van der Waals surface area contributed by atoms with Gasteiger partial charge in [0.25, 0.3) is 11.5 Å². The molecule has 2 N–H and O–H groups in total. The highest BCUT2D eigenvalue weighted by Crippen LogP contribution is 2.10. The predicted molar refractivity (Wildman–Crippen MR) is 104 cm³/mol. The molecule has 2 amide bonds. The summed E-state index contributed by atoms with van der Waals surface area (Å²) in [5.41, 5.74) is 4.58. The standard InChI is InChI=1S/C18H23N7O4/c1-4-24(5-2)9-12-6-7-14(29-12)17(27)22-21-15(26)10-25-11-19-16-13(18(25)28)8-20-23(16)3/h6-8,11H,4-5,9-10H2,1-3H3,(H,21,26)(H,22,27). The van der Waals surface area contributed by atoms with Gasteiger partial charge in [0.2, 0.25) is 0 Å². The number of hydrazine groups is 1. The van der Waals surface area contributed by atoms with E-state index in [1.54, 1.807) is 19.2 Å². The summed E-state index contributed by atoms with van der Waals surface area (Å²) in [6.45, 7) is 6.12. The Kier molecular flexibility index (Phi) is 6.07. The molecule has 3 rings (SSSR count). The van der Waals surface area contributed by atoms with Crippen LogP contribution < -0.4 is 16.4 Å². The summed E-state index contributed by atoms with van der Waals surface area (Å²) in [6.07, 6.45) is 2.66. The predicted octanol–water partition coefficient (Wildman–Crippen LogP) is 0.0260. The Balaban J connectivity index is 1.57. The Bertz CT molecular complexity index is 1080. The van der Waals surface area contributed by atoms with E-state index in [0.717, 1.165) is 17.7 Å². The third-order valence-electron chi connectivity index (χ3n) is 4.51. The Labute approximate surface area is 166 Å². The van der Waals surface area contributed by atoms with Gasteiger partial charge >= 0.3 is 5.91 Å². The first-order valence-corrected chi connectivity index (χ1v) is 9.20. The van der Waals surface area contributed by atoms with Crippen molar-refractivity contribution in [2.45, 2.75) is 26.9 Å². The number of aryl methyl sites for hydroxylation is 1. The van der Waals surface area contributed by atoms with Crippen LogP contribution in [-0.4, -0.2) is 49.1 Å². The Hall–Kier alpha value is -3.47. The third kappa shape index (κ3) is 4.51. The van der Waals surface area contributed by atoms with Gasteiger partial charge in [-0.25, -0.2) is 4.98 Å². The zero-order valence-corrected chi connectivity index (χ0v) is 16.5. The van der Waals surface area contributed by atoms with Gasteiger partial charge in [-0.15, -0.1) is 0 Å². The number of carbonyl (C=O) groups is 2. The largest absolute Gasteiger partial charge is 0.454 e. The zero-order chi connectivity index (χ0) is 21.0. The first-order valence-electron chi connectivity index (χ1n) is 9.20. The van der Waals surface area contributed by atoms with Gasteiger partial charge in [-0.05, 0) is 25.2 Å². The maximum Gasteiger partial charge on any atom is 0.305 e. The van der Waals surface area contributed by atoms with Crippen molar-refractivity contribution in [3.05, 3.63) is 46.5 Å². The van der Waals surface area contributed by atoms with Crippen LogP contribution in [0.4, 0.5) is 0 Å². The highest BCUT2D eigenvalue weighted by atomic mass is 16.4. The van der Waals surface area contributed by atoms with E-state index in [2.05, 4.69) is 25.8 Å². The van der Waals surface area contributed by atoms with Crippen molar-refractivity contribution in [2.75, 3.05) is 13.1 Å². The Morgan fingerprint density at radius 3 is 2.69 bits per heavy atom. The molecule has 0 aromatic carbocycles. The number of fused-ring (bicyclic) bond motifs is 1. The van der Waals surface area contributed by atoms with Crippen LogP contribution >= 0.6 is 0 Å². The lowest BCUT2D eigenvalue weighted by Crippen LogP contribution is -2.44. The molecule has 0 bridgehead atoms. The van der Waals surface area contributed by atoms with E-state index in [4.69, 9.17) is 4.42 Å². The van der Waals surface area contributed by atoms with Crippen molar-refractivity contribution in [2.24, 2.45) is 7.05 Å². The number of nitrogens with one attached hydrogen (secondary N) is 2. The molecule has 0 atom stereocenters. The zero-order valence-electron chi connectivity index (χ0n) is 16.5. The second-order valence-electron chi connectivity index (χ2n) is 6.41. The number of hydrogen-bond donors (Lipinski definition) is 2. The van der Waals surface area contributed by atoms with Gasteiger partial charge in [-0.2, -0.15) is 5.10 Å². The van der Waals surface area contributed by atoms with Crippen molar-refractivity contribution >= 4 is 22.8 Å². The van der Waals surface area contributed by atoms with Crippen molar-refractivity contribution < 1.29 is 14.0 Å². The van der Waals surface area contributed by atoms with Crippen LogP contribution in [0.15, 0.2) is 33.9 Å². The highest BCUT2D eigenvalue weighted by molar-refractivity contribution is 5.92. The highest BCUT2D eigenvalue weighted by Gasteiger charge is 2.15. The van der Waals surface area contributed by atoms with E-state index in [1.165, 1.54) is 17.2 Å². The van der Waals surface area contributed by atoms with Crippen LogP contribution in [0.1, 0.15) is 30.2 Å². The quantitative estimate of drug-likeness (QED) is 0.535. The molecule has 0 aliphatic rings. The molecule has 0 saturated carbocycles. The minimum Gasteiger partial charge on any atom is -0.454 e. The molecular weight excluding hydrogens is 378 g/mol. The van der Waals surface area contributed by atoms with Crippen LogP contribution in [-0.2, 0) is 24.9 Å². The van der Waals surface area contributed by atoms with E-state index in [0.29, 0.717) is 23.3 Å². The molecule has 0 aliphatic carbocycles. The van der Waals surface area contributed by atoms with E-state index >= 15 is 0 Å². The average molecular weight is 401 g/mol. The number of hydrogen-bond acceptors (Lipinski definition) is 7. The van der Waals surface area contributed by atoms with Gasteiger partial charge in [0, 0.05) is 7.05 Å². The maximum absolute atomic E-state index is 12.4. The molecule has 0 saturated heterocycles. The smallest absolute Gasteiger partial charge is 0.305 e. The van der Waals surface area contributed by atoms with Gasteiger partial charge in [-0.1, -0.05) is 13.8 Å². The van der Waals surface area contributed by atoms with Crippen LogP contribution in [0.2, 0.25) is 0 Å². The molecule has 3 heterocycles. The number of nitrogens with zero attached hydrogens (tertiary/aromatic N) is 5. The summed E-state index contributed by atoms with van der Waals surface area (Å²) in [5, 5.41) is 4.28. The van der Waals surface area contributed by atoms with Crippen LogP contribution in [0.25, 0.3) is 11.0 Å². The topological polar surface area (TPSA) is 127 Å². The minimum atomic E-state index is -0.586. The molecule has 0 radical (unpaired) electrons. The first kappa shape index (κ1) is 20.3. The van der Waals surface area contributed by atoms with Gasteiger partial charge in [-0.3, -0.25) is 39.4 Å². The number of aromatic nitrogens is 4. The van der Waals surface area contributed by atoms with E-state index in [-0.39, 0.29) is 12.3 Å². The average Bonchev–Trinajstić information content (AvgIpc) is 3.33. The summed E-state index contributed by atoms with van der Waals surface area (Å²) in [4.78, 5) is 42.9. The summed E-state index contributed by atoms with van der Waals surface area (Å²) in [6, 6.07) is 3.27. The third-order valence-corrected chi connectivity index (χ3v) is 4.51. The number of amides is 2. The number of carbonyl (C=O) groups excluding carboxylic acids is 2. The van der Waals surface area contributed by atoms with Crippen LogP contribution in [0.5, 0.6) is 0 Å². The molecule has 0 aliphatic heterocycles. The van der Waals surface area contributed by atoms with Gasteiger partial charge in [0.05, 0.1) is 12.7 Å². The van der Waals surface area contributed by atoms with Gasteiger partial charge in [0.1, 0.15) is 24.0 Å². The minimum absolute atomic E-state index is 0.0862. The molecule has 11 nitrogen and oxygen atoms in total. The van der Waals surface area contributed by atoms with Crippen molar-refractivity contribution in [3.63, 3.8) is 0 Å². The van der Waals surface area contributed by atoms with Gasteiger partial charge < -0.3 is 4.42 Å². The maximum atomic E-state index is 12.4. The van der Waals surface area contributed by atoms with Crippen LogP contribution in [0, 0.1) is 0 Å². The molecule has 0 unspecified atom stereocenters. The van der Waals surface area contributed by atoms with Gasteiger partial charge in [0.15, 0.2) is 11.4 Å². The fraction of sp³-hybridized carbons (Fsp3) is 0.389. The fourth-order valence-electron chi connectivity index (χ4n) is 2.81. The Morgan fingerprint density at radius 1 is 1.21 bits per heavy atom. The number of furan rings is 1. The molecule has 0 fully saturated rings. The molecule has 3 aromatic heterocycles. The summed E-state index contributed by atoms with van der Waals surface area (Å²) >= 11 is 0. The second kappa shape index (κ2) is 8.69. The van der Waals surface area contributed by atoms with E-state index in [1.807, 2.05) is 13.8 Å². The molecule has 154 valence electrons. The summed E-state index contributed by atoms with van der Waals surface area (Å²) in [7, 11) is 1.67. The lowest BCUT2D eigenvalue weighted by atomic mass is 10.4. The van der Waals surface area contributed by atoms with Crippen molar-refractivity contribution in [1.82, 2.24) is 35.1 Å².